The van der Waals surface area contributed by atoms with E-state index in [4.69, 9.17) is 5.84 Å². The Balaban J connectivity index is 2.35. The summed E-state index contributed by atoms with van der Waals surface area (Å²) in [5.74, 6) is 4.54. The van der Waals surface area contributed by atoms with E-state index in [0.29, 0.717) is 0 Å². The maximum Gasteiger partial charge on any atom is 0.249 e. The number of carbonyl (C=O) groups is 1. The van der Waals surface area contributed by atoms with Gasteiger partial charge in [-0.1, -0.05) is 47.5 Å². The van der Waals surface area contributed by atoms with E-state index >= 15 is 0 Å². The van der Waals surface area contributed by atoms with Crippen molar-refractivity contribution < 1.29 is 13.2 Å². The number of sulfonamides is 1. The summed E-state index contributed by atoms with van der Waals surface area (Å²) in [5.41, 5.74) is 4.80. The van der Waals surface area contributed by atoms with E-state index in [0.717, 1.165) is 21.0 Å². The first kappa shape index (κ1) is 18.1. The minimum Gasteiger partial charge on any atom is -0.293 e. The van der Waals surface area contributed by atoms with Gasteiger partial charge in [-0.05, 0) is 31.5 Å². The maximum absolute atomic E-state index is 12.9. The van der Waals surface area contributed by atoms with Gasteiger partial charge in [-0.15, -0.1) is 0 Å². The Hall–Kier alpha value is -2.22. The quantitative estimate of drug-likeness (QED) is 0.470. The number of hydrogen-bond donors (Lipinski definition) is 2. The number of hydrogen-bond acceptors (Lipinski definition) is 4. The molecule has 2 aromatic carbocycles. The van der Waals surface area contributed by atoms with Crippen LogP contribution in [0.2, 0.25) is 0 Å². The Morgan fingerprint density at radius 2 is 1.50 bits per heavy atom. The van der Waals surface area contributed by atoms with E-state index in [-0.39, 0.29) is 18.0 Å². The Kier molecular flexibility index (Phi) is 5.71. The van der Waals surface area contributed by atoms with Gasteiger partial charge in [0, 0.05) is 6.54 Å². The molecule has 3 N–H and O–H groups in total. The number of nitrogens with one attached hydrogen (secondary N) is 1. The minimum absolute atomic E-state index is 0.0872. The first-order valence-corrected chi connectivity index (χ1v) is 8.89. The largest absolute Gasteiger partial charge is 0.293 e. The summed E-state index contributed by atoms with van der Waals surface area (Å²) in [7, 11) is -3.81. The molecule has 7 heteroatoms. The molecule has 0 aliphatic carbocycles. The highest BCUT2D eigenvalue weighted by atomic mass is 32.2. The molecule has 1 amide bonds. The zero-order valence-corrected chi connectivity index (χ0v) is 14.5. The van der Waals surface area contributed by atoms with Crippen LogP contribution in [0.25, 0.3) is 0 Å². The molecule has 0 unspecified atom stereocenters. The van der Waals surface area contributed by atoms with E-state index in [1.807, 2.05) is 43.5 Å². The van der Waals surface area contributed by atoms with Crippen LogP contribution < -0.4 is 11.3 Å². The van der Waals surface area contributed by atoms with Crippen molar-refractivity contribution in [2.45, 2.75) is 25.3 Å². The monoisotopic (exact) mass is 347 g/mol. The average molecular weight is 347 g/mol. The molecule has 0 spiro atoms. The molecule has 24 heavy (non-hydrogen) atoms. The molecule has 2 rings (SSSR count). The summed E-state index contributed by atoms with van der Waals surface area (Å²) in [6, 6.07) is 14.0. The van der Waals surface area contributed by atoms with Crippen LogP contribution in [0.1, 0.15) is 16.7 Å². The molecule has 0 aliphatic heterocycles. The van der Waals surface area contributed by atoms with Gasteiger partial charge in [0.2, 0.25) is 15.9 Å². The van der Waals surface area contributed by atoms with Crippen molar-refractivity contribution in [2.75, 3.05) is 6.54 Å². The Morgan fingerprint density at radius 3 is 2.00 bits per heavy atom. The summed E-state index contributed by atoms with van der Waals surface area (Å²) in [5, 5.41) is 0. The highest BCUT2D eigenvalue weighted by Gasteiger charge is 2.26. The molecule has 0 aromatic heterocycles. The standard InChI is InChI=1S/C17H21N3O3S/c1-13-3-7-15(8-4-13)11-20(12-17(21)19-18)24(22,23)16-9-5-14(2)6-10-16/h3-10H,11-12,18H2,1-2H3,(H,19,21). The second kappa shape index (κ2) is 7.57. The number of rotatable bonds is 6. The third-order valence-corrected chi connectivity index (χ3v) is 5.43. The van der Waals surface area contributed by atoms with Gasteiger partial charge in [-0.3, -0.25) is 10.2 Å². The van der Waals surface area contributed by atoms with Crippen molar-refractivity contribution >= 4 is 15.9 Å². The average Bonchev–Trinajstić information content (AvgIpc) is 2.56. The van der Waals surface area contributed by atoms with Crippen LogP contribution in [0.3, 0.4) is 0 Å². The maximum atomic E-state index is 12.9. The minimum atomic E-state index is -3.81. The predicted molar refractivity (Wildman–Crippen MR) is 92.3 cm³/mol. The number of amides is 1. The van der Waals surface area contributed by atoms with Gasteiger partial charge in [0.25, 0.3) is 0 Å². The molecule has 2 aromatic rings. The van der Waals surface area contributed by atoms with Crippen LogP contribution in [0, 0.1) is 13.8 Å². The summed E-state index contributed by atoms with van der Waals surface area (Å²) in [6.45, 7) is 3.57. The molecule has 6 nitrogen and oxygen atoms in total. The van der Waals surface area contributed by atoms with E-state index in [1.165, 1.54) is 12.1 Å². The Morgan fingerprint density at radius 1 is 1.00 bits per heavy atom. The Bertz CT molecular complexity index is 800. The molecule has 0 aliphatic rings. The van der Waals surface area contributed by atoms with E-state index in [9.17, 15) is 13.2 Å². The second-order valence-corrected chi connectivity index (χ2v) is 7.58. The molecule has 0 fully saturated rings. The van der Waals surface area contributed by atoms with Crippen LogP contribution >= 0.6 is 0 Å². The lowest BCUT2D eigenvalue weighted by Crippen LogP contribution is -2.42. The van der Waals surface area contributed by atoms with Crippen LogP contribution in [0.4, 0.5) is 0 Å². The van der Waals surface area contributed by atoms with Crippen LogP contribution in [0.15, 0.2) is 53.4 Å². The summed E-state index contributed by atoms with van der Waals surface area (Å²) in [4.78, 5) is 11.8. The zero-order valence-electron chi connectivity index (χ0n) is 13.7. The smallest absolute Gasteiger partial charge is 0.249 e. The van der Waals surface area contributed by atoms with Gasteiger partial charge < -0.3 is 0 Å². The molecular formula is C17H21N3O3S. The number of benzene rings is 2. The second-order valence-electron chi connectivity index (χ2n) is 5.64. The fourth-order valence-corrected chi connectivity index (χ4v) is 3.57. The van der Waals surface area contributed by atoms with Gasteiger partial charge in [0.15, 0.2) is 0 Å². The molecule has 0 bridgehead atoms. The van der Waals surface area contributed by atoms with Crippen molar-refractivity contribution in [3.05, 3.63) is 65.2 Å². The van der Waals surface area contributed by atoms with Crippen molar-refractivity contribution in [1.82, 2.24) is 9.73 Å². The lowest BCUT2D eigenvalue weighted by molar-refractivity contribution is -0.121. The lowest BCUT2D eigenvalue weighted by atomic mass is 10.1. The Labute approximate surface area is 142 Å². The van der Waals surface area contributed by atoms with Crippen LogP contribution in [-0.4, -0.2) is 25.2 Å². The van der Waals surface area contributed by atoms with Gasteiger partial charge >= 0.3 is 0 Å². The molecular weight excluding hydrogens is 326 g/mol. The molecule has 0 radical (unpaired) electrons. The fourth-order valence-electron chi connectivity index (χ4n) is 2.19. The van der Waals surface area contributed by atoms with Crippen molar-refractivity contribution in [3.8, 4) is 0 Å². The predicted octanol–water partition coefficient (Wildman–Crippen LogP) is 1.48. The van der Waals surface area contributed by atoms with Gasteiger partial charge in [0.1, 0.15) is 0 Å². The molecule has 0 heterocycles. The van der Waals surface area contributed by atoms with Gasteiger partial charge in [0.05, 0.1) is 11.4 Å². The number of nitrogens with two attached hydrogens (primary N) is 1. The molecule has 0 atom stereocenters. The van der Waals surface area contributed by atoms with Gasteiger partial charge in [-0.25, -0.2) is 14.3 Å². The molecule has 0 saturated carbocycles. The molecule has 128 valence electrons. The SMILES string of the molecule is Cc1ccc(CN(CC(=O)NN)S(=O)(=O)c2ccc(C)cc2)cc1. The number of nitrogens with zero attached hydrogens (tertiary/aromatic N) is 1. The third-order valence-electron chi connectivity index (χ3n) is 3.62. The van der Waals surface area contributed by atoms with E-state index < -0.39 is 15.9 Å². The number of aryl methyl sites for hydroxylation is 2. The van der Waals surface area contributed by atoms with Crippen molar-refractivity contribution in [3.63, 3.8) is 0 Å². The topological polar surface area (TPSA) is 92.5 Å². The summed E-state index contributed by atoms with van der Waals surface area (Å²) in [6.07, 6.45) is 0. The molecule has 0 saturated heterocycles. The lowest BCUT2D eigenvalue weighted by Gasteiger charge is -2.21. The van der Waals surface area contributed by atoms with E-state index in [2.05, 4.69) is 0 Å². The number of hydrazine groups is 1. The summed E-state index contributed by atoms with van der Waals surface area (Å²) < 4.78 is 26.9. The van der Waals surface area contributed by atoms with Crippen LogP contribution in [0.5, 0.6) is 0 Å². The first-order chi connectivity index (χ1) is 11.3. The normalized spacial score (nSPS) is 11.5. The van der Waals surface area contributed by atoms with Crippen LogP contribution in [-0.2, 0) is 21.4 Å². The zero-order chi connectivity index (χ0) is 17.7. The first-order valence-electron chi connectivity index (χ1n) is 7.45. The summed E-state index contributed by atoms with van der Waals surface area (Å²) >= 11 is 0. The fraction of sp³-hybridized carbons (Fsp3) is 0.235. The van der Waals surface area contributed by atoms with Crippen molar-refractivity contribution in [1.29, 1.82) is 0 Å². The third kappa shape index (κ3) is 4.41. The highest BCUT2D eigenvalue weighted by molar-refractivity contribution is 7.89. The van der Waals surface area contributed by atoms with E-state index in [1.54, 1.807) is 12.1 Å². The van der Waals surface area contributed by atoms with Crippen molar-refractivity contribution in [2.24, 2.45) is 5.84 Å². The van der Waals surface area contributed by atoms with Gasteiger partial charge in [-0.2, -0.15) is 4.31 Å². The highest BCUT2D eigenvalue weighted by Crippen LogP contribution is 2.19. The number of carbonyl (C=O) groups excluding carboxylic acids is 1.